The quantitative estimate of drug-likeness (QED) is 0.910. The zero-order chi connectivity index (χ0) is 13.2. The second-order valence-electron chi connectivity index (χ2n) is 4.44. The summed E-state index contributed by atoms with van der Waals surface area (Å²) in [5.41, 5.74) is -0.0201. The lowest BCUT2D eigenvalue weighted by molar-refractivity contribution is 0.0692. The summed E-state index contributed by atoms with van der Waals surface area (Å²) in [6.45, 7) is 0. The number of para-hydroxylation sites is 1. The van der Waals surface area contributed by atoms with Crippen LogP contribution in [0.15, 0.2) is 36.5 Å². The van der Waals surface area contributed by atoms with Gasteiger partial charge in [0, 0.05) is 12.1 Å². The molecule has 1 aliphatic carbocycles. The van der Waals surface area contributed by atoms with E-state index in [0.29, 0.717) is 17.5 Å². The van der Waals surface area contributed by atoms with Gasteiger partial charge in [-0.15, -0.1) is 0 Å². The number of carbonyl (C=O) groups is 1. The molecule has 1 heterocycles. The monoisotopic (exact) mass is 256 g/mol. The van der Waals surface area contributed by atoms with Crippen LogP contribution in [-0.4, -0.2) is 21.0 Å². The van der Waals surface area contributed by atoms with Crippen molar-refractivity contribution in [1.29, 1.82) is 0 Å². The summed E-state index contributed by atoms with van der Waals surface area (Å²) in [6, 6.07) is 9.01. The van der Waals surface area contributed by atoms with Crippen LogP contribution in [0.25, 0.3) is 0 Å². The molecule has 1 saturated carbocycles. The molecule has 0 atom stereocenters. The van der Waals surface area contributed by atoms with Gasteiger partial charge in [-0.2, -0.15) is 4.98 Å². The van der Waals surface area contributed by atoms with Crippen LogP contribution in [0.4, 0.5) is 0 Å². The van der Waals surface area contributed by atoms with Crippen LogP contribution >= 0.6 is 0 Å². The molecule has 1 aromatic heterocycles. The van der Waals surface area contributed by atoms with E-state index in [1.165, 1.54) is 6.20 Å². The number of hydrogen-bond donors (Lipinski definition) is 1. The fourth-order valence-electron chi connectivity index (χ4n) is 1.74. The van der Waals surface area contributed by atoms with Crippen LogP contribution < -0.4 is 4.74 Å². The number of aromatic carboxylic acids is 1. The normalized spacial score (nSPS) is 14.1. The van der Waals surface area contributed by atoms with Gasteiger partial charge < -0.3 is 9.84 Å². The van der Waals surface area contributed by atoms with E-state index in [1.807, 2.05) is 18.2 Å². The highest BCUT2D eigenvalue weighted by Gasteiger charge is 2.28. The van der Waals surface area contributed by atoms with Gasteiger partial charge >= 0.3 is 5.97 Å². The summed E-state index contributed by atoms with van der Waals surface area (Å²) in [7, 11) is 0. The first kappa shape index (κ1) is 11.6. The third kappa shape index (κ3) is 2.54. The van der Waals surface area contributed by atoms with Crippen molar-refractivity contribution >= 4 is 5.97 Å². The Hall–Kier alpha value is -2.43. The number of nitrogens with zero attached hydrogens (tertiary/aromatic N) is 2. The zero-order valence-corrected chi connectivity index (χ0v) is 10.1. The second kappa shape index (κ2) is 4.68. The van der Waals surface area contributed by atoms with Gasteiger partial charge in [-0.05, 0) is 25.0 Å². The minimum atomic E-state index is -1.09. The van der Waals surface area contributed by atoms with E-state index in [0.717, 1.165) is 12.8 Å². The lowest BCUT2D eigenvalue weighted by Gasteiger charge is -2.08. The average Bonchev–Trinajstić information content (AvgIpc) is 3.24. The molecule has 0 aliphatic heterocycles. The van der Waals surface area contributed by atoms with Crippen molar-refractivity contribution in [2.45, 2.75) is 18.8 Å². The Morgan fingerprint density at radius 2 is 2.00 bits per heavy atom. The molecule has 2 aromatic rings. The molecule has 0 radical (unpaired) electrons. The standard InChI is InChI=1S/C14H12N2O3/c17-14(18)11-8-15-12(9-6-7-9)16-13(11)19-10-4-2-1-3-5-10/h1-5,8-9H,6-7H2,(H,17,18). The number of carboxylic acids is 1. The summed E-state index contributed by atoms with van der Waals surface area (Å²) in [5, 5.41) is 9.13. The van der Waals surface area contributed by atoms with Crippen LogP contribution in [0.2, 0.25) is 0 Å². The molecular weight excluding hydrogens is 244 g/mol. The highest BCUT2D eigenvalue weighted by molar-refractivity contribution is 5.89. The number of hydrogen-bond acceptors (Lipinski definition) is 4. The Bertz CT molecular complexity index is 609. The van der Waals surface area contributed by atoms with E-state index in [1.54, 1.807) is 12.1 Å². The van der Waals surface area contributed by atoms with Crippen LogP contribution in [0, 0.1) is 0 Å². The van der Waals surface area contributed by atoms with Gasteiger partial charge in [-0.25, -0.2) is 9.78 Å². The van der Waals surface area contributed by atoms with Crippen molar-refractivity contribution in [3.63, 3.8) is 0 Å². The summed E-state index contributed by atoms with van der Waals surface area (Å²) in [6.07, 6.45) is 3.43. The molecular formula is C14H12N2O3. The van der Waals surface area contributed by atoms with Crippen LogP contribution in [0.1, 0.15) is 34.9 Å². The number of rotatable bonds is 4. The van der Waals surface area contributed by atoms with Gasteiger partial charge in [0.05, 0.1) is 0 Å². The van der Waals surface area contributed by atoms with Gasteiger partial charge in [0.1, 0.15) is 17.1 Å². The van der Waals surface area contributed by atoms with Gasteiger partial charge in [-0.3, -0.25) is 0 Å². The predicted octanol–water partition coefficient (Wildman–Crippen LogP) is 2.84. The number of carboxylic acid groups (broad SMARTS) is 1. The summed E-state index contributed by atoms with van der Waals surface area (Å²) in [5.74, 6) is 0.589. The maximum Gasteiger partial charge on any atom is 0.342 e. The van der Waals surface area contributed by atoms with Gasteiger partial charge in [0.15, 0.2) is 0 Å². The molecule has 96 valence electrons. The molecule has 1 fully saturated rings. The molecule has 19 heavy (non-hydrogen) atoms. The van der Waals surface area contributed by atoms with E-state index in [2.05, 4.69) is 9.97 Å². The lowest BCUT2D eigenvalue weighted by atomic mass is 10.3. The van der Waals surface area contributed by atoms with Crippen molar-refractivity contribution in [2.24, 2.45) is 0 Å². The molecule has 5 nitrogen and oxygen atoms in total. The smallest absolute Gasteiger partial charge is 0.342 e. The SMILES string of the molecule is O=C(O)c1cnc(C2CC2)nc1Oc1ccccc1. The van der Waals surface area contributed by atoms with Crippen LogP contribution in [-0.2, 0) is 0 Å². The molecule has 1 aromatic carbocycles. The van der Waals surface area contributed by atoms with Gasteiger partial charge in [-0.1, -0.05) is 18.2 Å². The van der Waals surface area contributed by atoms with Crippen molar-refractivity contribution in [3.8, 4) is 11.6 Å². The fraction of sp³-hybridized carbons (Fsp3) is 0.214. The first-order valence-corrected chi connectivity index (χ1v) is 6.07. The van der Waals surface area contributed by atoms with Crippen molar-refractivity contribution in [3.05, 3.63) is 47.9 Å². The predicted molar refractivity (Wildman–Crippen MR) is 67.5 cm³/mol. The van der Waals surface area contributed by atoms with E-state index in [9.17, 15) is 4.79 Å². The topological polar surface area (TPSA) is 72.3 Å². The molecule has 1 aliphatic rings. The lowest BCUT2D eigenvalue weighted by Crippen LogP contribution is -2.05. The van der Waals surface area contributed by atoms with E-state index in [4.69, 9.17) is 9.84 Å². The molecule has 1 N–H and O–H groups in total. The fourth-order valence-corrected chi connectivity index (χ4v) is 1.74. The van der Waals surface area contributed by atoms with E-state index in [-0.39, 0.29) is 11.4 Å². The third-order valence-electron chi connectivity index (χ3n) is 2.90. The minimum absolute atomic E-state index is 0.0201. The molecule has 0 spiro atoms. The maximum atomic E-state index is 11.1. The second-order valence-corrected chi connectivity index (χ2v) is 4.44. The highest BCUT2D eigenvalue weighted by atomic mass is 16.5. The zero-order valence-electron chi connectivity index (χ0n) is 10.1. The Kier molecular flexibility index (Phi) is 2.87. The Morgan fingerprint density at radius 3 is 2.63 bits per heavy atom. The average molecular weight is 256 g/mol. The minimum Gasteiger partial charge on any atom is -0.477 e. The number of benzene rings is 1. The summed E-state index contributed by atoms with van der Waals surface area (Å²) >= 11 is 0. The Morgan fingerprint density at radius 1 is 1.26 bits per heavy atom. The van der Waals surface area contributed by atoms with Crippen LogP contribution in [0.3, 0.4) is 0 Å². The first-order valence-electron chi connectivity index (χ1n) is 6.07. The Labute approximate surface area is 109 Å². The molecule has 0 unspecified atom stereocenters. The molecule has 3 rings (SSSR count). The maximum absolute atomic E-state index is 11.1. The molecule has 5 heteroatoms. The van der Waals surface area contributed by atoms with E-state index < -0.39 is 5.97 Å². The van der Waals surface area contributed by atoms with Crippen molar-refractivity contribution in [1.82, 2.24) is 9.97 Å². The van der Waals surface area contributed by atoms with Gasteiger partial charge in [0.25, 0.3) is 0 Å². The molecule has 0 saturated heterocycles. The van der Waals surface area contributed by atoms with Crippen LogP contribution in [0.5, 0.6) is 11.6 Å². The summed E-state index contributed by atoms with van der Waals surface area (Å²) in [4.78, 5) is 19.5. The highest BCUT2D eigenvalue weighted by Crippen LogP contribution is 2.39. The Balaban J connectivity index is 1.96. The van der Waals surface area contributed by atoms with Crippen molar-refractivity contribution < 1.29 is 14.6 Å². The molecule has 0 amide bonds. The summed E-state index contributed by atoms with van der Waals surface area (Å²) < 4.78 is 5.56. The number of aromatic nitrogens is 2. The van der Waals surface area contributed by atoms with Crippen molar-refractivity contribution in [2.75, 3.05) is 0 Å². The number of ether oxygens (including phenoxy) is 1. The van der Waals surface area contributed by atoms with Gasteiger partial charge in [0.2, 0.25) is 5.88 Å². The third-order valence-corrected chi connectivity index (χ3v) is 2.90. The largest absolute Gasteiger partial charge is 0.477 e. The van der Waals surface area contributed by atoms with E-state index >= 15 is 0 Å². The molecule has 0 bridgehead atoms. The first-order chi connectivity index (χ1) is 9.24.